The number of aromatic hydroxyl groups is 1. The van der Waals surface area contributed by atoms with Gasteiger partial charge in [-0.1, -0.05) is 0 Å². The van der Waals surface area contributed by atoms with E-state index in [1.807, 2.05) is 19.2 Å². The molecule has 0 fully saturated rings. The molecule has 0 radical (unpaired) electrons. The summed E-state index contributed by atoms with van der Waals surface area (Å²) in [5.41, 5.74) is 11.3. The van der Waals surface area contributed by atoms with Crippen molar-refractivity contribution in [3.8, 4) is 17.0 Å². The molecule has 4 nitrogen and oxygen atoms in total. The van der Waals surface area contributed by atoms with Crippen LogP contribution in [0.4, 0.5) is 5.82 Å². The lowest BCUT2D eigenvalue weighted by Crippen LogP contribution is -2.07. The maximum Gasteiger partial charge on any atom is 0.125 e. The van der Waals surface area contributed by atoms with E-state index in [4.69, 9.17) is 5.73 Å². The van der Waals surface area contributed by atoms with E-state index in [-0.39, 0.29) is 0 Å². The second-order valence-electron chi connectivity index (χ2n) is 5.33. The zero-order chi connectivity index (χ0) is 13.6. The van der Waals surface area contributed by atoms with Gasteiger partial charge in [-0.25, -0.2) is 0 Å². The highest BCUT2D eigenvalue weighted by atomic mass is 16.3. The fraction of sp³-hybridized carbons (Fsp3) is 0.400. The largest absolute Gasteiger partial charge is 0.507 e. The molecule has 1 aliphatic rings. The highest BCUT2D eigenvalue weighted by Crippen LogP contribution is 2.39. The molecule has 1 aromatic carbocycles. The Morgan fingerprint density at radius 3 is 2.53 bits per heavy atom. The number of benzene rings is 1. The number of aryl methyl sites for hydroxylation is 2. The van der Waals surface area contributed by atoms with Gasteiger partial charge in [-0.05, 0) is 55.4 Å². The standard InChI is InChI=1S/C15H19N3O/c1-9-7-13(19)15(11-6-4-3-5-10(9)11)12-8-14(16)18(2)17-12/h7-8,19H,3-6,16H2,1-2H3. The molecule has 100 valence electrons. The molecule has 0 amide bonds. The monoisotopic (exact) mass is 257 g/mol. The fourth-order valence-electron chi connectivity index (χ4n) is 3.03. The van der Waals surface area contributed by atoms with E-state index in [9.17, 15) is 5.11 Å². The minimum absolute atomic E-state index is 0.316. The van der Waals surface area contributed by atoms with E-state index in [0.29, 0.717) is 11.6 Å². The summed E-state index contributed by atoms with van der Waals surface area (Å²) < 4.78 is 1.64. The van der Waals surface area contributed by atoms with Gasteiger partial charge < -0.3 is 10.8 Å². The van der Waals surface area contributed by atoms with Crippen molar-refractivity contribution >= 4 is 5.82 Å². The lowest BCUT2D eigenvalue weighted by atomic mass is 9.84. The van der Waals surface area contributed by atoms with Gasteiger partial charge in [-0.2, -0.15) is 5.10 Å². The van der Waals surface area contributed by atoms with E-state index < -0.39 is 0 Å². The smallest absolute Gasteiger partial charge is 0.125 e. The van der Waals surface area contributed by atoms with Crippen LogP contribution in [0, 0.1) is 6.92 Å². The molecule has 1 aliphatic carbocycles. The van der Waals surface area contributed by atoms with E-state index in [1.165, 1.54) is 29.5 Å². The van der Waals surface area contributed by atoms with Gasteiger partial charge in [0, 0.05) is 18.7 Å². The van der Waals surface area contributed by atoms with Crippen LogP contribution in [0.1, 0.15) is 29.5 Å². The van der Waals surface area contributed by atoms with E-state index in [1.54, 1.807) is 4.68 Å². The van der Waals surface area contributed by atoms with E-state index in [0.717, 1.165) is 24.1 Å². The minimum atomic E-state index is 0.316. The average molecular weight is 257 g/mol. The van der Waals surface area contributed by atoms with Crippen LogP contribution in [0.25, 0.3) is 11.3 Å². The van der Waals surface area contributed by atoms with Crippen LogP contribution in [0.5, 0.6) is 5.75 Å². The summed E-state index contributed by atoms with van der Waals surface area (Å²) in [5.74, 6) is 0.927. The summed E-state index contributed by atoms with van der Waals surface area (Å²) in [7, 11) is 1.82. The summed E-state index contributed by atoms with van der Waals surface area (Å²) >= 11 is 0. The molecule has 0 unspecified atom stereocenters. The van der Waals surface area contributed by atoms with Gasteiger partial charge >= 0.3 is 0 Å². The van der Waals surface area contributed by atoms with E-state index >= 15 is 0 Å². The number of anilines is 1. The molecule has 3 N–H and O–H groups in total. The molecule has 0 saturated carbocycles. The Hall–Kier alpha value is -1.97. The molecule has 3 rings (SSSR count). The maximum absolute atomic E-state index is 10.3. The first-order chi connectivity index (χ1) is 9.08. The molecule has 2 aromatic rings. The number of phenolic OH excluding ortho intramolecular Hbond substituents is 1. The Morgan fingerprint density at radius 1 is 1.21 bits per heavy atom. The summed E-state index contributed by atoms with van der Waals surface area (Å²) in [6.07, 6.45) is 4.50. The molecule has 0 spiro atoms. The zero-order valence-corrected chi connectivity index (χ0v) is 11.4. The van der Waals surface area contributed by atoms with Crippen molar-refractivity contribution in [1.29, 1.82) is 0 Å². The van der Waals surface area contributed by atoms with Crippen molar-refractivity contribution in [1.82, 2.24) is 9.78 Å². The number of rotatable bonds is 1. The van der Waals surface area contributed by atoms with Gasteiger partial charge in [0.1, 0.15) is 11.6 Å². The number of aromatic nitrogens is 2. The van der Waals surface area contributed by atoms with Crippen LogP contribution in [0.2, 0.25) is 0 Å². The van der Waals surface area contributed by atoms with Gasteiger partial charge in [0.2, 0.25) is 0 Å². The van der Waals surface area contributed by atoms with Gasteiger partial charge in [-0.3, -0.25) is 4.68 Å². The third-order valence-electron chi connectivity index (χ3n) is 4.03. The SMILES string of the molecule is Cc1cc(O)c(-c2cc(N)n(C)n2)c2c1CCCC2. The Balaban J connectivity index is 2.25. The Bertz CT molecular complexity index is 624. The van der Waals surface area contributed by atoms with Gasteiger partial charge in [0.25, 0.3) is 0 Å². The quantitative estimate of drug-likeness (QED) is 0.825. The molecule has 4 heteroatoms. The summed E-state index contributed by atoms with van der Waals surface area (Å²) in [6.45, 7) is 2.07. The Kier molecular flexibility index (Phi) is 2.73. The van der Waals surface area contributed by atoms with Gasteiger partial charge in [0.05, 0.1) is 5.69 Å². The average Bonchev–Trinajstić information content (AvgIpc) is 2.69. The van der Waals surface area contributed by atoms with Crippen LogP contribution in [-0.4, -0.2) is 14.9 Å². The van der Waals surface area contributed by atoms with Crippen molar-refractivity contribution < 1.29 is 5.11 Å². The first kappa shape index (κ1) is 12.1. The van der Waals surface area contributed by atoms with Crippen molar-refractivity contribution in [2.24, 2.45) is 7.05 Å². The van der Waals surface area contributed by atoms with Crippen LogP contribution in [0.15, 0.2) is 12.1 Å². The molecule has 19 heavy (non-hydrogen) atoms. The number of hydrogen-bond acceptors (Lipinski definition) is 3. The number of nitrogens with zero attached hydrogens (tertiary/aromatic N) is 2. The second kappa shape index (κ2) is 4.30. The molecule has 0 bridgehead atoms. The first-order valence-electron chi connectivity index (χ1n) is 6.72. The summed E-state index contributed by atoms with van der Waals surface area (Å²) in [5, 5.41) is 14.7. The summed E-state index contributed by atoms with van der Waals surface area (Å²) in [6, 6.07) is 3.68. The zero-order valence-electron chi connectivity index (χ0n) is 11.4. The van der Waals surface area contributed by atoms with E-state index in [2.05, 4.69) is 12.0 Å². The van der Waals surface area contributed by atoms with Crippen LogP contribution < -0.4 is 5.73 Å². The molecule has 0 aliphatic heterocycles. The molecule has 1 aromatic heterocycles. The summed E-state index contributed by atoms with van der Waals surface area (Å²) in [4.78, 5) is 0. The van der Waals surface area contributed by atoms with Crippen molar-refractivity contribution in [3.63, 3.8) is 0 Å². The van der Waals surface area contributed by atoms with Gasteiger partial charge in [-0.15, -0.1) is 0 Å². The van der Waals surface area contributed by atoms with Crippen LogP contribution in [-0.2, 0) is 19.9 Å². The molecule has 0 atom stereocenters. The lowest BCUT2D eigenvalue weighted by molar-refractivity contribution is 0.474. The third kappa shape index (κ3) is 1.87. The second-order valence-corrected chi connectivity index (χ2v) is 5.33. The molecule has 0 saturated heterocycles. The topological polar surface area (TPSA) is 64.1 Å². The number of nitrogen functional groups attached to an aromatic ring is 1. The van der Waals surface area contributed by atoms with Crippen LogP contribution >= 0.6 is 0 Å². The van der Waals surface area contributed by atoms with Gasteiger partial charge in [0.15, 0.2) is 0 Å². The minimum Gasteiger partial charge on any atom is -0.507 e. The Labute approximate surface area is 112 Å². The predicted octanol–water partition coefficient (Wildman–Crippen LogP) is 2.56. The molecule has 1 heterocycles. The van der Waals surface area contributed by atoms with Crippen molar-refractivity contribution in [2.75, 3.05) is 5.73 Å². The normalized spacial score (nSPS) is 14.4. The highest BCUT2D eigenvalue weighted by molar-refractivity contribution is 5.75. The van der Waals surface area contributed by atoms with Crippen molar-refractivity contribution in [2.45, 2.75) is 32.6 Å². The lowest BCUT2D eigenvalue weighted by Gasteiger charge is -2.22. The van der Waals surface area contributed by atoms with Crippen LogP contribution in [0.3, 0.4) is 0 Å². The predicted molar refractivity (Wildman–Crippen MR) is 76.1 cm³/mol. The third-order valence-corrected chi connectivity index (χ3v) is 4.03. The number of fused-ring (bicyclic) bond motifs is 1. The fourth-order valence-corrected chi connectivity index (χ4v) is 3.03. The number of phenols is 1. The number of hydrogen-bond donors (Lipinski definition) is 2. The maximum atomic E-state index is 10.3. The number of nitrogens with two attached hydrogens (primary N) is 1. The Morgan fingerprint density at radius 2 is 1.89 bits per heavy atom. The first-order valence-corrected chi connectivity index (χ1v) is 6.72. The molecular formula is C15H19N3O. The van der Waals surface area contributed by atoms with Crippen molar-refractivity contribution in [3.05, 3.63) is 28.8 Å². The molecular weight excluding hydrogens is 238 g/mol. The highest BCUT2D eigenvalue weighted by Gasteiger charge is 2.21.